The van der Waals surface area contributed by atoms with Crippen LogP contribution in [-0.4, -0.2) is 30.9 Å². The molecule has 2 fully saturated rings. The van der Waals surface area contributed by atoms with Crippen LogP contribution in [0, 0.1) is 5.41 Å². The molecule has 2 N–H and O–H groups in total. The summed E-state index contributed by atoms with van der Waals surface area (Å²) in [5.41, 5.74) is 0.0433. The van der Waals surface area contributed by atoms with Crippen molar-refractivity contribution in [3.05, 3.63) is 29.8 Å². The van der Waals surface area contributed by atoms with Crippen LogP contribution >= 0.6 is 0 Å². The number of methoxy groups -OCH3 is 1. The number of anilines is 1. The van der Waals surface area contributed by atoms with E-state index in [4.69, 9.17) is 0 Å². The molecule has 0 heterocycles. The second-order valence-corrected chi connectivity index (χ2v) is 7.27. The predicted octanol–water partition coefficient (Wildman–Crippen LogP) is 3.03. The maximum Gasteiger partial charge on any atom is 0.337 e. The monoisotopic (exact) mass is 358 g/mol. The van der Waals surface area contributed by atoms with Crippen molar-refractivity contribution in [3.63, 3.8) is 0 Å². The van der Waals surface area contributed by atoms with E-state index in [-0.39, 0.29) is 17.9 Å². The molecule has 1 aromatic rings. The van der Waals surface area contributed by atoms with Gasteiger partial charge in [0.25, 0.3) is 0 Å². The summed E-state index contributed by atoms with van der Waals surface area (Å²) in [5.74, 6) is -0.841. The Morgan fingerprint density at radius 1 is 0.962 bits per heavy atom. The van der Waals surface area contributed by atoms with E-state index in [0.29, 0.717) is 24.1 Å². The summed E-state index contributed by atoms with van der Waals surface area (Å²) < 4.78 is 4.65. The van der Waals surface area contributed by atoms with E-state index in [0.717, 1.165) is 25.7 Å². The first kappa shape index (κ1) is 18.4. The molecule has 0 bridgehead atoms. The van der Waals surface area contributed by atoms with Gasteiger partial charge < -0.3 is 15.4 Å². The molecule has 6 heteroatoms. The highest BCUT2D eigenvalue weighted by Crippen LogP contribution is 2.47. The third-order valence-corrected chi connectivity index (χ3v) is 5.37. The van der Waals surface area contributed by atoms with Crippen LogP contribution in [0.3, 0.4) is 0 Å². The van der Waals surface area contributed by atoms with Crippen LogP contribution in [0.4, 0.5) is 5.69 Å². The second kappa shape index (κ2) is 7.89. The van der Waals surface area contributed by atoms with E-state index in [1.54, 1.807) is 24.3 Å². The summed E-state index contributed by atoms with van der Waals surface area (Å²) in [6.07, 6.45) is 7.87. The van der Waals surface area contributed by atoms with Crippen molar-refractivity contribution in [1.82, 2.24) is 5.32 Å². The molecule has 3 rings (SSSR count). The summed E-state index contributed by atoms with van der Waals surface area (Å²) >= 11 is 0. The topological polar surface area (TPSA) is 84.5 Å². The molecule has 2 aliphatic rings. The lowest BCUT2D eigenvalue weighted by Crippen LogP contribution is -2.44. The fourth-order valence-electron chi connectivity index (χ4n) is 3.49. The third kappa shape index (κ3) is 4.06. The van der Waals surface area contributed by atoms with Crippen molar-refractivity contribution < 1.29 is 19.1 Å². The Morgan fingerprint density at radius 3 is 2.12 bits per heavy atom. The molecule has 0 aromatic heterocycles. The first-order valence-electron chi connectivity index (χ1n) is 9.36. The molecule has 0 atom stereocenters. The van der Waals surface area contributed by atoms with E-state index < -0.39 is 11.4 Å². The van der Waals surface area contributed by atoms with E-state index in [9.17, 15) is 14.4 Å². The number of hydrogen-bond acceptors (Lipinski definition) is 4. The minimum Gasteiger partial charge on any atom is -0.465 e. The number of hydrogen-bond donors (Lipinski definition) is 2. The molecule has 0 spiro atoms. The zero-order valence-electron chi connectivity index (χ0n) is 15.2. The molecule has 140 valence electrons. The lowest BCUT2D eigenvalue weighted by molar-refractivity contribution is -0.134. The summed E-state index contributed by atoms with van der Waals surface area (Å²) in [6, 6.07) is 6.65. The lowest BCUT2D eigenvalue weighted by atomic mass is 10.0. The molecule has 6 nitrogen and oxygen atoms in total. The Bertz CT molecular complexity index is 672. The van der Waals surface area contributed by atoms with Crippen LogP contribution in [0.5, 0.6) is 0 Å². The molecular formula is C20H26N2O4. The first-order valence-corrected chi connectivity index (χ1v) is 9.36. The van der Waals surface area contributed by atoms with Gasteiger partial charge in [-0.2, -0.15) is 0 Å². The highest BCUT2D eigenvalue weighted by atomic mass is 16.5. The summed E-state index contributed by atoms with van der Waals surface area (Å²) in [6.45, 7) is 0. The van der Waals surface area contributed by atoms with Crippen LogP contribution in [0.2, 0.25) is 0 Å². The van der Waals surface area contributed by atoms with Gasteiger partial charge in [-0.25, -0.2) is 4.79 Å². The summed E-state index contributed by atoms with van der Waals surface area (Å²) in [5, 5.41) is 5.91. The van der Waals surface area contributed by atoms with E-state index in [2.05, 4.69) is 15.4 Å². The van der Waals surface area contributed by atoms with Gasteiger partial charge in [0.2, 0.25) is 11.8 Å². The van der Waals surface area contributed by atoms with Crippen LogP contribution < -0.4 is 10.6 Å². The van der Waals surface area contributed by atoms with Crippen molar-refractivity contribution in [2.75, 3.05) is 12.4 Å². The SMILES string of the molecule is COC(=O)c1ccc(NC(=O)C2(C(=O)NC3CCCCCC3)CC2)cc1. The van der Waals surface area contributed by atoms with Crippen molar-refractivity contribution in [2.45, 2.75) is 57.4 Å². The van der Waals surface area contributed by atoms with Gasteiger partial charge in [-0.15, -0.1) is 0 Å². The Hall–Kier alpha value is -2.37. The van der Waals surface area contributed by atoms with Gasteiger partial charge in [0.05, 0.1) is 12.7 Å². The largest absolute Gasteiger partial charge is 0.465 e. The van der Waals surface area contributed by atoms with E-state index in [1.807, 2.05) is 0 Å². The van der Waals surface area contributed by atoms with E-state index in [1.165, 1.54) is 20.0 Å². The smallest absolute Gasteiger partial charge is 0.337 e. The number of rotatable bonds is 5. The molecule has 2 amide bonds. The maximum absolute atomic E-state index is 12.7. The highest BCUT2D eigenvalue weighted by molar-refractivity contribution is 6.13. The zero-order valence-corrected chi connectivity index (χ0v) is 15.2. The number of esters is 1. The van der Waals surface area contributed by atoms with Gasteiger partial charge in [0.15, 0.2) is 0 Å². The number of amides is 2. The van der Waals surface area contributed by atoms with Gasteiger partial charge in [-0.1, -0.05) is 25.7 Å². The summed E-state index contributed by atoms with van der Waals surface area (Å²) in [4.78, 5) is 36.8. The van der Waals surface area contributed by atoms with E-state index >= 15 is 0 Å². The van der Waals surface area contributed by atoms with Crippen LogP contribution in [-0.2, 0) is 14.3 Å². The summed E-state index contributed by atoms with van der Waals surface area (Å²) in [7, 11) is 1.32. The van der Waals surface area contributed by atoms with Crippen molar-refractivity contribution in [3.8, 4) is 0 Å². The second-order valence-electron chi connectivity index (χ2n) is 7.27. The Kier molecular flexibility index (Phi) is 5.59. The van der Waals surface area contributed by atoms with Gasteiger partial charge in [-0.3, -0.25) is 9.59 Å². The Balaban J connectivity index is 1.59. The number of ether oxygens (including phenoxy) is 1. The minimum absolute atomic E-state index is 0.145. The number of carbonyl (C=O) groups excluding carboxylic acids is 3. The molecule has 0 saturated heterocycles. The van der Waals surface area contributed by atoms with Gasteiger partial charge in [0.1, 0.15) is 5.41 Å². The van der Waals surface area contributed by atoms with Crippen LogP contribution in [0.25, 0.3) is 0 Å². The minimum atomic E-state index is -0.937. The molecule has 2 aliphatic carbocycles. The van der Waals surface area contributed by atoms with Crippen molar-refractivity contribution in [1.29, 1.82) is 0 Å². The van der Waals surface area contributed by atoms with Gasteiger partial charge in [0, 0.05) is 11.7 Å². The fraction of sp³-hybridized carbons (Fsp3) is 0.550. The predicted molar refractivity (Wildman–Crippen MR) is 97.7 cm³/mol. The number of carbonyl (C=O) groups is 3. The Morgan fingerprint density at radius 2 is 1.58 bits per heavy atom. The average molecular weight is 358 g/mol. The van der Waals surface area contributed by atoms with Crippen molar-refractivity contribution in [2.24, 2.45) is 5.41 Å². The first-order chi connectivity index (χ1) is 12.5. The highest BCUT2D eigenvalue weighted by Gasteiger charge is 2.56. The van der Waals surface area contributed by atoms with Gasteiger partial charge >= 0.3 is 5.97 Å². The normalized spacial score (nSPS) is 19.1. The third-order valence-electron chi connectivity index (χ3n) is 5.37. The van der Waals surface area contributed by atoms with Crippen LogP contribution in [0.15, 0.2) is 24.3 Å². The molecule has 1 aromatic carbocycles. The van der Waals surface area contributed by atoms with Crippen LogP contribution in [0.1, 0.15) is 61.7 Å². The molecular weight excluding hydrogens is 332 g/mol. The molecule has 0 unspecified atom stereocenters. The zero-order chi connectivity index (χ0) is 18.6. The maximum atomic E-state index is 12.7. The number of benzene rings is 1. The molecule has 0 aliphatic heterocycles. The quantitative estimate of drug-likeness (QED) is 0.481. The average Bonchev–Trinajstić information content (AvgIpc) is 3.47. The fourth-order valence-corrected chi connectivity index (χ4v) is 3.49. The lowest BCUT2D eigenvalue weighted by Gasteiger charge is -2.21. The van der Waals surface area contributed by atoms with Gasteiger partial charge in [-0.05, 0) is 49.9 Å². The molecule has 26 heavy (non-hydrogen) atoms. The Labute approximate surface area is 153 Å². The standard InChI is InChI=1S/C20H26N2O4/c1-26-17(23)14-8-10-16(11-9-14)22-19(25)20(12-13-20)18(24)21-15-6-4-2-3-5-7-15/h8-11,15H,2-7,12-13H2,1H3,(H,21,24)(H,22,25). The van der Waals surface area contributed by atoms with Crippen molar-refractivity contribution >= 4 is 23.5 Å². The molecule has 0 radical (unpaired) electrons. The molecule has 2 saturated carbocycles. The number of nitrogens with one attached hydrogen (secondary N) is 2.